The first-order valence-corrected chi connectivity index (χ1v) is 13.1. The van der Waals surface area contributed by atoms with Gasteiger partial charge in [-0.3, -0.25) is 9.89 Å². The number of aromatic amines is 1. The molecule has 1 aromatic heterocycles. The lowest BCUT2D eigenvalue weighted by atomic mass is 10.1. The van der Waals surface area contributed by atoms with Gasteiger partial charge in [0.25, 0.3) is 5.91 Å². The molecule has 2 aromatic carbocycles. The second-order valence-electron chi connectivity index (χ2n) is 9.13. The molecule has 1 saturated heterocycles. The first-order chi connectivity index (χ1) is 17.6. The maximum Gasteiger partial charge on any atom is 0.259 e. The van der Waals surface area contributed by atoms with Gasteiger partial charge in [-0.15, -0.1) is 0 Å². The van der Waals surface area contributed by atoms with Crippen molar-refractivity contribution in [2.75, 3.05) is 50.0 Å². The smallest absolute Gasteiger partial charge is 0.259 e. The molecule has 2 aliphatic rings. The summed E-state index contributed by atoms with van der Waals surface area (Å²) in [6, 6.07) is 6.52. The Hall–Kier alpha value is -3.42. The van der Waals surface area contributed by atoms with Crippen molar-refractivity contribution in [1.29, 1.82) is 0 Å². The molecule has 1 fully saturated rings. The third-order valence-corrected chi connectivity index (χ3v) is 8.49. The SMILES string of the molecule is CN1CCN(c2ccc(C(=O)Nc3n[nH]c4c3CN(S(=O)(=O)c3cc(F)cc(F)c3)CC4)c(F)c2)CC1. The molecule has 0 radical (unpaired) electrons. The van der Waals surface area contributed by atoms with E-state index in [0.717, 1.165) is 42.6 Å². The van der Waals surface area contributed by atoms with Gasteiger partial charge in [0.15, 0.2) is 5.82 Å². The number of fused-ring (bicyclic) bond motifs is 1. The van der Waals surface area contributed by atoms with Gasteiger partial charge in [-0.05, 0) is 37.4 Å². The van der Waals surface area contributed by atoms with Crippen LogP contribution in [0.2, 0.25) is 0 Å². The quantitative estimate of drug-likeness (QED) is 0.522. The molecule has 5 rings (SSSR count). The van der Waals surface area contributed by atoms with Crippen LogP contribution < -0.4 is 10.2 Å². The van der Waals surface area contributed by atoms with Crippen molar-refractivity contribution in [2.45, 2.75) is 17.9 Å². The van der Waals surface area contributed by atoms with Gasteiger partial charge in [0, 0.05) is 68.7 Å². The van der Waals surface area contributed by atoms with Crippen molar-refractivity contribution in [1.82, 2.24) is 19.4 Å². The van der Waals surface area contributed by atoms with Gasteiger partial charge in [0.2, 0.25) is 10.0 Å². The molecule has 0 unspecified atom stereocenters. The normalized spacial score (nSPS) is 17.0. The summed E-state index contributed by atoms with van der Waals surface area (Å²) in [4.78, 5) is 16.6. The highest BCUT2D eigenvalue weighted by atomic mass is 32.2. The third kappa shape index (κ3) is 5.06. The Balaban J connectivity index is 1.33. The number of hydrogen-bond acceptors (Lipinski definition) is 6. The fourth-order valence-electron chi connectivity index (χ4n) is 4.53. The second-order valence-corrected chi connectivity index (χ2v) is 11.1. The Morgan fingerprint density at radius 2 is 1.70 bits per heavy atom. The average Bonchev–Trinajstić information content (AvgIpc) is 3.25. The molecule has 0 spiro atoms. The van der Waals surface area contributed by atoms with E-state index in [1.54, 1.807) is 6.07 Å². The van der Waals surface area contributed by atoms with E-state index in [2.05, 4.69) is 20.4 Å². The summed E-state index contributed by atoms with van der Waals surface area (Å²) in [7, 11) is -2.20. The van der Waals surface area contributed by atoms with E-state index >= 15 is 0 Å². The van der Waals surface area contributed by atoms with Crippen LogP contribution in [0.4, 0.5) is 24.7 Å². The van der Waals surface area contributed by atoms with Crippen molar-refractivity contribution < 1.29 is 26.4 Å². The van der Waals surface area contributed by atoms with Gasteiger partial charge in [0.1, 0.15) is 17.5 Å². The van der Waals surface area contributed by atoms with E-state index in [1.807, 2.05) is 11.9 Å². The van der Waals surface area contributed by atoms with Gasteiger partial charge in [-0.25, -0.2) is 21.6 Å². The number of carbonyl (C=O) groups is 1. The fourth-order valence-corrected chi connectivity index (χ4v) is 5.98. The maximum absolute atomic E-state index is 14.9. The van der Waals surface area contributed by atoms with Crippen LogP contribution in [0.1, 0.15) is 21.6 Å². The number of amides is 1. The fraction of sp³-hybridized carbons (Fsp3) is 0.333. The first kappa shape index (κ1) is 25.2. The van der Waals surface area contributed by atoms with Crippen LogP contribution in [-0.4, -0.2) is 73.5 Å². The topological polar surface area (TPSA) is 102 Å². The first-order valence-electron chi connectivity index (χ1n) is 11.7. The molecule has 2 N–H and O–H groups in total. The summed E-state index contributed by atoms with van der Waals surface area (Å²) in [5.74, 6) is -3.37. The number of hydrogen-bond donors (Lipinski definition) is 2. The van der Waals surface area contributed by atoms with E-state index in [4.69, 9.17) is 0 Å². The monoisotopic (exact) mass is 534 g/mol. The summed E-state index contributed by atoms with van der Waals surface area (Å²) in [6.45, 7) is 3.08. The second kappa shape index (κ2) is 9.80. The van der Waals surface area contributed by atoms with Crippen molar-refractivity contribution in [3.8, 4) is 0 Å². The number of halogens is 3. The van der Waals surface area contributed by atoms with Crippen LogP contribution >= 0.6 is 0 Å². The van der Waals surface area contributed by atoms with E-state index in [1.165, 1.54) is 12.1 Å². The third-order valence-electron chi connectivity index (χ3n) is 6.67. The summed E-state index contributed by atoms with van der Waals surface area (Å²) in [5, 5.41) is 9.41. The van der Waals surface area contributed by atoms with E-state index in [9.17, 15) is 26.4 Å². The molecule has 0 saturated carbocycles. The van der Waals surface area contributed by atoms with E-state index in [-0.39, 0.29) is 30.9 Å². The molecule has 0 atom stereocenters. The number of benzene rings is 2. The number of sulfonamides is 1. The molecule has 0 bridgehead atoms. The van der Waals surface area contributed by atoms with Crippen LogP contribution in [0, 0.1) is 17.5 Å². The highest BCUT2D eigenvalue weighted by Crippen LogP contribution is 2.29. The Morgan fingerprint density at radius 3 is 2.38 bits per heavy atom. The molecule has 3 aromatic rings. The molecule has 9 nitrogen and oxygen atoms in total. The largest absolute Gasteiger partial charge is 0.369 e. The lowest BCUT2D eigenvalue weighted by Crippen LogP contribution is -2.44. The van der Waals surface area contributed by atoms with Crippen LogP contribution in [0.3, 0.4) is 0 Å². The number of carbonyl (C=O) groups excluding carboxylic acids is 1. The van der Waals surface area contributed by atoms with Gasteiger partial charge in [-0.2, -0.15) is 9.40 Å². The maximum atomic E-state index is 14.9. The molecule has 3 heterocycles. The molecular formula is C24H25F3N6O3S. The minimum Gasteiger partial charge on any atom is -0.369 e. The molecule has 13 heteroatoms. The zero-order chi connectivity index (χ0) is 26.3. The number of piperazine rings is 1. The lowest BCUT2D eigenvalue weighted by molar-refractivity contribution is 0.102. The van der Waals surface area contributed by atoms with Gasteiger partial charge >= 0.3 is 0 Å². The van der Waals surface area contributed by atoms with Crippen molar-refractivity contribution in [3.63, 3.8) is 0 Å². The van der Waals surface area contributed by atoms with Crippen LogP contribution in [0.15, 0.2) is 41.3 Å². The Morgan fingerprint density at radius 1 is 1.00 bits per heavy atom. The number of aromatic nitrogens is 2. The summed E-state index contributed by atoms with van der Waals surface area (Å²) >= 11 is 0. The average molecular weight is 535 g/mol. The number of H-pyrrole nitrogens is 1. The summed E-state index contributed by atoms with van der Waals surface area (Å²) < 4.78 is 69.3. The van der Waals surface area contributed by atoms with Crippen LogP contribution in [0.25, 0.3) is 0 Å². The van der Waals surface area contributed by atoms with Gasteiger partial charge in [-0.1, -0.05) is 0 Å². The predicted octanol–water partition coefficient (Wildman–Crippen LogP) is 2.58. The number of likely N-dealkylation sites (N-methyl/N-ethyl adjacent to an activating group) is 1. The zero-order valence-corrected chi connectivity index (χ0v) is 20.8. The Bertz CT molecular complexity index is 1430. The zero-order valence-electron chi connectivity index (χ0n) is 20.0. The molecule has 2 aliphatic heterocycles. The molecular weight excluding hydrogens is 509 g/mol. The highest BCUT2D eigenvalue weighted by molar-refractivity contribution is 7.89. The lowest BCUT2D eigenvalue weighted by Gasteiger charge is -2.34. The number of anilines is 2. The van der Waals surface area contributed by atoms with Crippen molar-refractivity contribution in [3.05, 3.63) is 70.7 Å². The van der Waals surface area contributed by atoms with E-state index < -0.39 is 38.3 Å². The van der Waals surface area contributed by atoms with Crippen LogP contribution in [0.5, 0.6) is 0 Å². The minimum atomic E-state index is -4.22. The predicted molar refractivity (Wildman–Crippen MR) is 130 cm³/mol. The number of rotatable bonds is 5. The van der Waals surface area contributed by atoms with Gasteiger partial charge in [0.05, 0.1) is 10.5 Å². The summed E-state index contributed by atoms with van der Waals surface area (Å²) in [6.07, 6.45) is 0.239. The van der Waals surface area contributed by atoms with Crippen molar-refractivity contribution in [2.24, 2.45) is 0 Å². The Labute approximate surface area is 211 Å². The molecule has 196 valence electrons. The molecule has 1 amide bonds. The molecule has 37 heavy (non-hydrogen) atoms. The number of nitrogens with zero attached hydrogens (tertiary/aromatic N) is 4. The van der Waals surface area contributed by atoms with Crippen molar-refractivity contribution >= 4 is 27.4 Å². The minimum absolute atomic E-state index is 0.0471. The van der Waals surface area contributed by atoms with Gasteiger partial charge < -0.3 is 15.1 Å². The molecule has 0 aliphatic carbocycles. The standard InChI is InChI=1S/C24H25F3N6O3S/c1-31-6-8-32(9-7-31)17-2-3-19(21(27)13-17)24(34)28-23-20-14-33(5-4-22(20)29-30-23)37(35,36)18-11-15(25)10-16(26)12-18/h2-3,10-13H,4-9,14H2,1H3,(H2,28,29,30,34). The Kier molecular flexibility index (Phi) is 6.68. The summed E-state index contributed by atoms with van der Waals surface area (Å²) in [5.41, 5.74) is 1.52. The highest BCUT2D eigenvalue weighted by Gasteiger charge is 2.32. The number of nitrogens with one attached hydrogen (secondary N) is 2. The van der Waals surface area contributed by atoms with Crippen LogP contribution in [-0.2, 0) is 23.0 Å². The van der Waals surface area contributed by atoms with E-state index in [0.29, 0.717) is 23.0 Å².